The number of amides is 2. The topological polar surface area (TPSA) is 99.3 Å². The van der Waals surface area contributed by atoms with E-state index in [0.717, 1.165) is 12.8 Å². The van der Waals surface area contributed by atoms with Crippen LogP contribution in [0.5, 0.6) is 5.75 Å². The zero-order chi connectivity index (χ0) is 22.7. The van der Waals surface area contributed by atoms with E-state index in [4.69, 9.17) is 4.74 Å². The fourth-order valence-electron chi connectivity index (χ4n) is 4.35. The van der Waals surface area contributed by atoms with Crippen LogP contribution < -0.4 is 10.1 Å². The molecular weight excluding hydrogens is 432 g/mol. The second kappa shape index (κ2) is 9.76. The Morgan fingerprint density at radius 2 is 1.72 bits per heavy atom. The van der Waals surface area contributed by atoms with Crippen LogP contribution in [-0.4, -0.2) is 93.3 Å². The van der Waals surface area contributed by atoms with Crippen LogP contribution in [0.25, 0.3) is 0 Å². The largest absolute Gasteiger partial charge is 0.497 e. The van der Waals surface area contributed by atoms with E-state index in [1.54, 1.807) is 12.1 Å². The van der Waals surface area contributed by atoms with E-state index in [2.05, 4.69) is 10.2 Å². The summed E-state index contributed by atoms with van der Waals surface area (Å²) in [4.78, 5) is 29.2. The van der Waals surface area contributed by atoms with Gasteiger partial charge in [-0.3, -0.25) is 14.5 Å². The first kappa shape index (κ1) is 23.0. The number of nitrogens with one attached hydrogen (secondary N) is 1. The predicted octanol–water partition coefficient (Wildman–Crippen LogP) is 0.519. The minimum absolute atomic E-state index is 0.0155. The highest BCUT2D eigenvalue weighted by molar-refractivity contribution is 7.89. The summed E-state index contributed by atoms with van der Waals surface area (Å²) in [6.07, 6.45) is 3.49. The van der Waals surface area contributed by atoms with Gasteiger partial charge < -0.3 is 15.0 Å². The van der Waals surface area contributed by atoms with Crippen LogP contribution >= 0.6 is 0 Å². The average molecular weight is 465 g/mol. The van der Waals surface area contributed by atoms with Gasteiger partial charge >= 0.3 is 0 Å². The third-order valence-corrected chi connectivity index (χ3v) is 8.30. The molecule has 1 saturated carbocycles. The minimum Gasteiger partial charge on any atom is -0.497 e. The quantitative estimate of drug-likeness (QED) is 0.632. The second-order valence-electron chi connectivity index (χ2n) is 8.82. The van der Waals surface area contributed by atoms with E-state index in [1.165, 1.54) is 23.5 Å². The standard InChI is InChI=1S/C22H32N4O5S/c1-31-19-6-8-20(9-7-19)32(29,30)26-10-2-3-17(15-26)22(28)25-13-11-24(12-14-25)16-21(27)23-18-4-5-18/h6-9,17-18H,2-5,10-16H2,1H3,(H,23,27)/t17-/m1/s1. The number of carbonyl (C=O) groups excluding carboxylic acids is 2. The molecule has 0 unspecified atom stereocenters. The number of piperidine rings is 1. The number of rotatable bonds is 7. The molecule has 176 valence electrons. The van der Waals surface area contributed by atoms with Crippen molar-refractivity contribution in [1.82, 2.24) is 19.4 Å². The van der Waals surface area contributed by atoms with E-state index in [1.807, 2.05) is 4.90 Å². The summed E-state index contributed by atoms with van der Waals surface area (Å²) in [5, 5.41) is 3.00. The maximum Gasteiger partial charge on any atom is 0.243 e. The Labute approximate surface area is 189 Å². The van der Waals surface area contributed by atoms with Gasteiger partial charge in [0.05, 0.1) is 24.5 Å². The van der Waals surface area contributed by atoms with Crippen LogP contribution in [0.4, 0.5) is 0 Å². The number of ether oxygens (including phenoxy) is 1. The van der Waals surface area contributed by atoms with E-state index in [9.17, 15) is 18.0 Å². The molecule has 2 saturated heterocycles. The molecule has 3 fully saturated rings. The molecular formula is C22H32N4O5S. The molecule has 0 bridgehead atoms. The molecule has 1 aliphatic carbocycles. The van der Waals surface area contributed by atoms with Gasteiger partial charge in [0.25, 0.3) is 0 Å². The monoisotopic (exact) mass is 464 g/mol. The number of benzene rings is 1. The van der Waals surface area contributed by atoms with Gasteiger partial charge in [-0.05, 0) is 49.9 Å². The van der Waals surface area contributed by atoms with Crippen molar-refractivity contribution in [2.24, 2.45) is 5.92 Å². The first-order valence-electron chi connectivity index (χ1n) is 11.3. The Morgan fingerprint density at radius 1 is 1.03 bits per heavy atom. The number of hydrogen-bond acceptors (Lipinski definition) is 6. The van der Waals surface area contributed by atoms with Crippen LogP contribution in [0.3, 0.4) is 0 Å². The van der Waals surface area contributed by atoms with Crippen LogP contribution in [0.2, 0.25) is 0 Å². The van der Waals surface area contributed by atoms with Gasteiger partial charge in [-0.15, -0.1) is 0 Å². The molecule has 0 aromatic heterocycles. The highest BCUT2D eigenvalue weighted by Gasteiger charge is 2.36. The van der Waals surface area contributed by atoms with Gasteiger partial charge in [-0.1, -0.05) is 0 Å². The molecule has 2 aliphatic heterocycles. The third-order valence-electron chi connectivity index (χ3n) is 6.42. The molecule has 1 N–H and O–H groups in total. The van der Waals surface area contributed by atoms with Crippen LogP contribution in [0.15, 0.2) is 29.2 Å². The van der Waals surface area contributed by atoms with Gasteiger partial charge in [-0.2, -0.15) is 4.31 Å². The SMILES string of the molecule is COc1ccc(S(=O)(=O)N2CCC[C@@H](C(=O)N3CCN(CC(=O)NC4CC4)CC3)C2)cc1. The Hall–Kier alpha value is -2.17. The summed E-state index contributed by atoms with van der Waals surface area (Å²) >= 11 is 0. The van der Waals surface area contributed by atoms with Crippen molar-refractivity contribution < 1.29 is 22.7 Å². The van der Waals surface area contributed by atoms with Gasteiger partial charge in [0.2, 0.25) is 21.8 Å². The number of carbonyl (C=O) groups is 2. The number of sulfonamides is 1. The van der Waals surface area contributed by atoms with Crippen molar-refractivity contribution in [3.8, 4) is 5.75 Å². The van der Waals surface area contributed by atoms with Crippen LogP contribution in [0.1, 0.15) is 25.7 Å². The van der Waals surface area contributed by atoms with Gasteiger partial charge in [0.15, 0.2) is 0 Å². The van der Waals surface area contributed by atoms with Gasteiger partial charge in [-0.25, -0.2) is 8.42 Å². The zero-order valence-corrected chi connectivity index (χ0v) is 19.3. The number of methoxy groups -OCH3 is 1. The van der Waals surface area contributed by atoms with Crippen molar-refractivity contribution in [2.75, 3.05) is 52.9 Å². The molecule has 1 aromatic rings. The number of nitrogens with zero attached hydrogens (tertiary/aromatic N) is 3. The fraction of sp³-hybridized carbons (Fsp3) is 0.636. The second-order valence-corrected chi connectivity index (χ2v) is 10.8. The number of piperazine rings is 1. The van der Waals surface area contributed by atoms with E-state index in [0.29, 0.717) is 63.9 Å². The highest BCUT2D eigenvalue weighted by atomic mass is 32.2. The molecule has 0 radical (unpaired) electrons. The summed E-state index contributed by atoms with van der Waals surface area (Å²) < 4.78 is 32.7. The van der Waals surface area contributed by atoms with Crippen LogP contribution in [-0.2, 0) is 19.6 Å². The Balaban J connectivity index is 1.30. The summed E-state index contributed by atoms with van der Waals surface area (Å²) in [5.74, 6) is 0.335. The molecule has 10 heteroatoms. The van der Waals surface area contributed by atoms with Crippen molar-refractivity contribution in [3.63, 3.8) is 0 Å². The molecule has 9 nitrogen and oxygen atoms in total. The lowest BCUT2D eigenvalue weighted by Gasteiger charge is -2.38. The predicted molar refractivity (Wildman–Crippen MR) is 119 cm³/mol. The first-order valence-corrected chi connectivity index (χ1v) is 12.8. The van der Waals surface area contributed by atoms with Crippen molar-refractivity contribution in [2.45, 2.75) is 36.6 Å². The van der Waals surface area contributed by atoms with Crippen LogP contribution in [0, 0.1) is 5.92 Å². The van der Waals surface area contributed by atoms with E-state index >= 15 is 0 Å². The zero-order valence-electron chi connectivity index (χ0n) is 18.5. The maximum absolute atomic E-state index is 13.1. The molecule has 2 amide bonds. The third kappa shape index (κ3) is 5.41. The summed E-state index contributed by atoms with van der Waals surface area (Å²) in [7, 11) is -2.12. The Kier molecular flexibility index (Phi) is 7.02. The summed E-state index contributed by atoms with van der Waals surface area (Å²) in [6.45, 7) is 3.44. The summed E-state index contributed by atoms with van der Waals surface area (Å²) in [5.41, 5.74) is 0. The first-order chi connectivity index (χ1) is 15.4. The maximum atomic E-state index is 13.1. The molecule has 4 rings (SSSR count). The molecule has 0 spiro atoms. The smallest absolute Gasteiger partial charge is 0.243 e. The lowest BCUT2D eigenvalue weighted by Crippen LogP contribution is -2.54. The summed E-state index contributed by atoms with van der Waals surface area (Å²) in [6, 6.07) is 6.69. The molecule has 3 aliphatic rings. The van der Waals surface area contributed by atoms with Gasteiger partial charge in [0.1, 0.15) is 5.75 Å². The lowest BCUT2D eigenvalue weighted by molar-refractivity contribution is -0.138. The fourth-order valence-corrected chi connectivity index (χ4v) is 5.87. The number of hydrogen-bond donors (Lipinski definition) is 1. The van der Waals surface area contributed by atoms with Crippen molar-refractivity contribution in [3.05, 3.63) is 24.3 Å². The lowest BCUT2D eigenvalue weighted by atomic mass is 9.98. The van der Waals surface area contributed by atoms with Crippen molar-refractivity contribution in [1.29, 1.82) is 0 Å². The molecule has 1 atom stereocenters. The van der Waals surface area contributed by atoms with Crippen molar-refractivity contribution >= 4 is 21.8 Å². The normalized spacial score (nSPS) is 23.0. The highest BCUT2D eigenvalue weighted by Crippen LogP contribution is 2.26. The molecule has 32 heavy (non-hydrogen) atoms. The van der Waals surface area contributed by atoms with E-state index < -0.39 is 10.0 Å². The molecule has 1 aromatic carbocycles. The van der Waals surface area contributed by atoms with Gasteiger partial charge in [0, 0.05) is 45.3 Å². The Morgan fingerprint density at radius 3 is 2.34 bits per heavy atom. The Bertz CT molecular complexity index is 924. The van der Waals surface area contributed by atoms with E-state index in [-0.39, 0.29) is 29.2 Å². The molecule has 2 heterocycles. The minimum atomic E-state index is -3.66. The average Bonchev–Trinajstić information content (AvgIpc) is 3.63.